The van der Waals surface area contributed by atoms with E-state index < -0.39 is 26.7 Å². The number of azo groups is 1. The van der Waals surface area contributed by atoms with Gasteiger partial charge in [0, 0.05) is 21.0 Å². The molecule has 38 heavy (non-hydrogen) atoms. The van der Waals surface area contributed by atoms with Gasteiger partial charge in [-0.25, -0.2) is 0 Å². The fraction of sp³-hybridized carbons (Fsp3) is 0.0800. The second kappa shape index (κ2) is 12.0. The van der Waals surface area contributed by atoms with Crippen LogP contribution in [0.25, 0.3) is 10.8 Å². The predicted molar refractivity (Wildman–Crippen MR) is 140 cm³/mol. The van der Waals surface area contributed by atoms with E-state index in [-0.39, 0.29) is 57.2 Å². The van der Waals surface area contributed by atoms with E-state index in [4.69, 9.17) is 27.9 Å². The number of hydrogen-bond donors (Lipinski definition) is 2. The minimum absolute atomic E-state index is 0. The van der Waals surface area contributed by atoms with Crippen molar-refractivity contribution in [2.24, 2.45) is 10.2 Å². The molecule has 4 rings (SSSR count). The fourth-order valence-electron chi connectivity index (χ4n) is 3.58. The monoisotopic (exact) mass is 581 g/mol. The Bertz CT molecular complexity index is 1700. The van der Waals surface area contributed by atoms with Crippen LogP contribution in [0.2, 0.25) is 10.0 Å². The molecule has 2 N–H and O–H groups in total. The number of nitrogens with zero attached hydrogens (tertiary/aromatic N) is 2. The molecule has 0 heterocycles. The predicted octanol–water partition coefficient (Wildman–Crippen LogP) is 3.46. The molecule has 0 bridgehead atoms. The van der Waals surface area contributed by atoms with Gasteiger partial charge in [-0.15, -0.1) is 5.11 Å². The summed E-state index contributed by atoms with van der Waals surface area (Å²) in [5, 5.41) is 25.3. The van der Waals surface area contributed by atoms with Crippen molar-refractivity contribution in [3.05, 3.63) is 81.8 Å². The molecular weight excluding hydrogens is 564 g/mol. The zero-order valence-corrected chi connectivity index (χ0v) is 24.6. The van der Waals surface area contributed by atoms with Crippen molar-refractivity contribution in [3.63, 3.8) is 0 Å². The molecule has 9 nitrogen and oxygen atoms in total. The summed E-state index contributed by atoms with van der Waals surface area (Å²) in [6, 6.07) is 15.1. The van der Waals surface area contributed by atoms with E-state index in [2.05, 4.69) is 15.5 Å². The van der Waals surface area contributed by atoms with Crippen LogP contribution < -0.4 is 44.7 Å². The molecule has 0 saturated heterocycles. The van der Waals surface area contributed by atoms with Gasteiger partial charge in [0.2, 0.25) is 0 Å². The molecule has 1 amide bonds. The van der Waals surface area contributed by atoms with E-state index in [0.29, 0.717) is 27.1 Å². The van der Waals surface area contributed by atoms with Gasteiger partial charge >= 0.3 is 29.6 Å². The number of ether oxygens (including phenoxy) is 1. The van der Waals surface area contributed by atoms with Gasteiger partial charge in [-0.3, -0.25) is 9.35 Å². The van der Waals surface area contributed by atoms with Crippen LogP contribution in [-0.2, 0) is 10.1 Å². The molecule has 0 aliphatic heterocycles. The minimum Gasteiger partial charge on any atom is -0.870 e. The average Bonchev–Trinajstić information content (AvgIpc) is 2.84. The largest absolute Gasteiger partial charge is 1.00 e. The second-order valence-electron chi connectivity index (χ2n) is 7.87. The number of aryl methyl sites for hydroxylation is 1. The Labute approximate surface area is 250 Å². The van der Waals surface area contributed by atoms with Gasteiger partial charge in [0.15, 0.2) is 0 Å². The Balaban J connectivity index is 0.00000400. The number of methoxy groups -OCH3 is 1. The maximum Gasteiger partial charge on any atom is 1.00 e. The number of benzene rings is 4. The molecule has 0 aromatic heterocycles. The number of halogens is 2. The third kappa shape index (κ3) is 6.29. The molecule has 0 radical (unpaired) electrons. The molecule has 13 heteroatoms. The third-order valence-corrected chi connectivity index (χ3v) is 6.93. The van der Waals surface area contributed by atoms with Crippen LogP contribution in [0.5, 0.6) is 11.5 Å². The quantitative estimate of drug-likeness (QED) is 0.203. The van der Waals surface area contributed by atoms with E-state index in [1.165, 1.54) is 25.3 Å². The first-order valence-electron chi connectivity index (χ1n) is 10.6. The van der Waals surface area contributed by atoms with Crippen molar-refractivity contribution in [2.45, 2.75) is 11.8 Å². The van der Waals surface area contributed by atoms with Gasteiger partial charge in [0.05, 0.1) is 18.5 Å². The number of anilines is 1. The molecule has 4 aromatic carbocycles. The van der Waals surface area contributed by atoms with E-state index >= 15 is 0 Å². The Hall–Kier alpha value is -2.70. The summed E-state index contributed by atoms with van der Waals surface area (Å²) in [7, 11) is -3.25. The SMILES string of the molecule is COc1ccc(Cl)cc1NC(=O)c1cc2ccccc2c(N=Nc2cc(Cl)c(C)cc2S(=O)(=O)O)c1[O-].[Na+]. The summed E-state index contributed by atoms with van der Waals surface area (Å²) < 4.78 is 38.6. The van der Waals surface area contributed by atoms with Crippen molar-refractivity contribution in [2.75, 3.05) is 12.4 Å². The van der Waals surface area contributed by atoms with Crippen molar-refractivity contribution in [1.29, 1.82) is 0 Å². The summed E-state index contributed by atoms with van der Waals surface area (Å²) >= 11 is 12.1. The van der Waals surface area contributed by atoms with Crippen LogP contribution in [0.3, 0.4) is 0 Å². The van der Waals surface area contributed by atoms with Gasteiger partial charge in [-0.2, -0.15) is 13.5 Å². The molecule has 0 unspecified atom stereocenters. The van der Waals surface area contributed by atoms with Crippen molar-refractivity contribution in [3.8, 4) is 11.5 Å². The van der Waals surface area contributed by atoms with Gasteiger partial charge in [-0.1, -0.05) is 53.2 Å². The Morgan fingerprint density at radius 1 is 1.05 bits per heavy atom. The fourth-order valence-corrected chi connectivity index (χ4v) is 4.60. The number of nitrogens with one attached hydrogen (secondary N) is 1. The van der Waals surface area contributed by atoms with E-state index in [1.54, 1.807) is 43.3 Å². The van der Waals surface area contributed by atoms with Gasteiger partial charge in [0.25, 0.3) is 16.0 Å². The van der Waals surface area contributed by atoms with E-state index in [1.807, 2.05) is 0 Å². The van der Waals surface area contributed by atoms with Crippen LogP contribution in [0.1, 0.15) is 15.9 Å². The second-order valence-corrected chi connectivity index (χ2v) is 10.1. The molecule has 0 spiro atoms. The Morgan fingerprint density at radius 2 is 1.76 bits per heavy atom. The first kappa shape index (κ1) is 29.9. The number of amides is 1. The number of rotatable bonds is 6. The Morgan fingerprint density at radius 3 is 2.45 bits per heavy atom. The van der Waals surface area contributed by atoms with Crippen LogP contribution in [0.15, 0.2) is 75.8 Å². The van der Waals surface area contributed by atoms with Crippen LogP contribution in [-0.4, -0.2) is 26.0 Å². The van der Waals surface area contributed by atoms with Gasteiger partial charge in [-0.05, 0) is 54.3 Å². The summed E-state index contributed by atoms with van der Waals surface area (Å²) in [5.74, 6) is -1.17. The molecule has 0 aliphatic rings. The van der Waals surface area contributed by atoms with Crippen LogP contribution >= 0.6 is 23.2 Å². The number of fused-ring (bicyclic) bond motifs is 1. The molecule has 190 valence electrons. The zero-order chi connectivity index (χ0) is 26.9. The molecule has 0 saturated carbocycles. The van der Waals surface area contributed by atoms with Gasteiger partial charge < -0.3 is 15.2 Å². The number of carbonyl (C=O) groups is 1. The topological polar surface area (TPSA) is 140 Å². The summed E-state index contributed by atoms with van der Waals surface area (Å²) in [6.45, 7) is 1.55. The van der Waals surface area contributed by atoms with Crippen LogP contribution in [0.4, 0.5) is 17.1 Å². The van der Waals surface area contributed by atoms with Gasteiger partial charge in [0.1, 0.15) is 16.3 Å². The molecular formula is C25H18Cl2N3NaO6S. The van der Waals surface area contributed by atoms with Crippen molar-refractivity contribution >= 4 is 67.1 Å². The van der Waals surface area contributed by atoms with E-state index in [0.717, 1.165) is 6.07 Å². The number of carbonyl (C=O) groups excluding carboxylic acids is 1. The van der Waals surface area contributed by atoms with Crippen molar-refractivity contribution in [1.82, 2.24) is 0 Å². The molecule has 0 atom stereocenters. The zero-order valence-electron chi connectivity index (χ0n) is 20.3. The van der Waals surface area contributed by atoms with Crippen molar-refractivity contribution < 1.29 is 57.2 Å². The maximum atomic E-state index is 13.4. The maximum absolute atomic E-state index is 13.4. The van der Waals surface area contributed by atoms with E-state index in [9.17, 15) is 22.9 Å². The third-order valence-electron chi connectivity index (χ3n) is 5.41. The first-order valence-corrected chi connectivity index (χ1v) is 12.8. The number of hydrogen-bond acceptors (Lipinski definition) is 7. The standard InChI is InChI=1S/C25H19Cl2N3O6S.Na/c1-13-9-22(37(33,34)35)20(12-18(13)27)29-30-23-16-6-4-3-5-14(16)10-17(24(23)31)25(32)28-19-11-15(26)7-8-21(19)36-2;/h3-12,31H,1-2H3,(H,28,32)(H,33,34,35);/q;+1/p-1. The smallest absolute Gasteiger partial charge is 0.870 e. The normalized spacial score (nSPS) is 11.4. The Kier molecular flexibility index (Phi) is 9.43. The minimum atomic E-state index is -4.67. The first-order chi connectivity index (χ1) is 17.5. The molecule has 4 aromatic rings. The average molecular weight is 582 g/mol. The summed E-state index contributed by atoms with van der Waals surface area (Å²) in [5.41, 5.74) is -0.0906. The molecule has 0 fully saturated rings. The summed E-state index contributed by atoms with van der Waals surface area (Å²) in [4.78, 5) is 12.6. The van der Waals surface area contributed by atoms with Crippen LogP contribution in [0, 0.1) is 6.92 Å². The summed E-state index contributed by atoms with van der Waals surface area (Å²) in [6.07, 6.45) is 0. The molecule has 0 aliphatic carbocycles.